The fourth-order valence-electron chi connectivity index (χ4n) is 2.01. The topological polar surface area (TPSA) is 40.7 Å². The summed E-state index contributed by atoms with van der Waals surface area (Å²) in [6.07, 6.45) is 2.70. The minimum Gasteiger partial charge on any atom is -0.333 e. The number of imidazole rings is 1. The summed E-state index contributed by atoms with van der Waals surface area (Å²) in [5.74, 6) is 0. The van der Waals surface area contributed by atoms with Crippen molar-refractivity contribution in [3.63, 3.8) is 0 Å². The molecule has 1 saturated carbocycles. The summed E-state index contributed by atoms with van der Waals surface area (Å²) in [5.41, 5.74) is 3.47. The average Bonchev–Trinajstić information content (AvgIpc) is 3.07. The van der Waals surface area contributed by atoms with E-state index in [1.54, 1.807) is 0 Å². The molecule has 96 valence electrons. The molecule has 1 aromatic carbocycles. The number of hydrogen-bond donors (Lipinski definition) is 2. The van der Waals surface area contributed by atoms with E-state index in [9.17, 15) is 0 Å². The number of hydrogen-bond acceptors (Lipinski definition) is 3. The predicted molar refractivity (Wildman–Crippen MR) is 77.2 cm³/mol. The highest BCUT2D eigenvalue weighted by molar-refractivity contribution is 7.99. The summed E-state index contributed by atoms with van der Waals surface area (Å²) >= 11 is 1.82. The Labute approximate surface area is 112 Å². The van der Waals surface area contributed by atoms with E-state index in [1.165, 1.54) is 18.4 Å². The number of rotatable bonds is 5. The van der Waals surface area contributed by atoms with Crippen LogP contribution in [0.1, 0.15) is 25.3 Å². The molecule has 18 heavy (non-hydrogen) atoms. The first kappa shape index (κ1) is 12.1. The lowest BCUT2D eigenvalue weighted by atomic mass is 10.2. The third-order valence-corrected chi connectivity index (χ3v) is 4.19. The molecule has 0 aliphatic heterocycles. The molecule has 3 rings (SSSR count). The molecule has 1 heterocycles. The number of thioether (sulfide) groups is 1. The second-order valence-corrected chi connectivity index (χ2v) is 6.60. The maximum absolute atomic E-state index is 4.62. The van der Waals surface area contributed by atoms with Crippen LogP contribution in [0.4, 0.5) is 0 Å². The molecule has 3 nitrogen and oxygen atoms in total. The molecule has 1 fully saturated rings. The molecule has 0 radical (unpaired) electrons. The lowest BCUT2D eigenvalue weighted by molar-refractivity contribution is 0.678. The van der Waals surface area contributed by atoms with Crippen LogP contribution in [0.15, 0.2) is 23.4 Å². The SMILES string of the molecule is Cc1ccc2nc(SC(C)CNC3CC3)[nH]c2c1. The van der Waals surface area contributed by atoms with Crippen LogP contribution < -0.4 is 5.32 Å². The highest BCUT2D eigenvalue weighted by Crippen LogP contribution is 2.25. The van der Waals surface area contributed by atoms with Crippen LogP contribution in [-0.4, -0.2) is 27.8 Å². The van der Waals surface area contributed by atoms with Gasteiger partial charge in [-0.05, 0) is 37.5 Å². The first-order valence-corrected chi connectivity index (χ1v) is 7.45. The van der Waals surface area contributed by atoms with E-state index in [0.29, 0.717) is 5.25 Å². The number of nitrogens with zero attached hydrogens (tertiary/aromatic N) is 1. The molecule has 1 unspecified atom stereocenters. The average molecular weight is 261 g/mol. The van der Waals surface area contributed by atoms with Gasteiger partial charge < -0.3 is 10.3 Å². The molecule has 0 bridgehead atoms. The third-order valence-electron chi connectivity index (χ3n) is 3.20. The molecule has 0 saturated heterocycles. The number of H-pyrrole nitrogens is 1. The van der Waals surface area contributed by atoms with Crippen molar-refractivity contribution in [3.8, 4) is 0 Å². The lowest BCUT2D eigenvalue weighted by Crippen LogP contribution is -2.24. The van der Waals surface area contributed by atoms with Crippen LogP contribution in [0, 0.1) is 6.92 Å². The molecule has 2 N–H and O–H groups in total. The largest absolute Gasteiger partial charge is 0.333 e. The van der Waals surface area contributed by atoms with Crippen LogP contribution in [0.2, 0.25) is 0 Å². The molecule has 1 atom stereocenters. The lowest BCUT2D eigenvalue weighted by Gasteiger charge is -2.09. The fraction of sp³-hybridized carbons (Fsp3) is 0.500. The molecular weight excluding hydrogens is 242 g/mol. The Hall–Kier alpha value is -1.00. The Kier molecular flexibility index (Phi) is 3.31. The molecular formula is C14H19N3S. The summed E-state index contributed by atoms with van der Waals surface area (Å²) < 4.78 is 0. The summed E-state index contributed by atoms with van der Waals surface area (Å²) in [6.45, 7) is 5.42. The zero-order chi connectivity index (χ0) is 12.5. The molecule has 1 aliphatic carbocycles. The van der Waals surface area contributed by atoms with E-state index < -0.39 is 0 Å². The molecule has 1 aliphatic rings. The van der Waals surface area contributed by atoms with Crippen LogP contribution in [0.3, 0.4) is 0 Å². The standard InChI is InChI=1S/C14H19N3S/c1-9-3-6-12-13(7-9)17-14(16-12)18-10(2)8-15-11-4-5-11/h3,6-7,10-11,15H,4-5,8H2,1-2H3,(H,16,17). The number of aromatic nitrogens is 2. The van der Waals surface area contributed by atoms with E-state index in [-0.39, 0.29) is 0 Å². The van der Waals surface area contributed by atoms with Gasteiger partial charge in [-0.2, -0.15) is 0 Å². The van der Waals surface area contributed by atoms with E-state index in [0.717, 1.165) is 28.8 Å². The Morgan fingerprint density at radius 3 is 3.11 bits per heavy atom. The van der Waals surface area contributed by atoms with Crippen molar-refractivity contribution in [1.29, 1.82) is 0 Å². The Morgan fingerprint density at radius 1 is 1.50 bits per heavy atom. The quantitative estimate of drug-likeness (QED) is 0.813. The van der Waals surface area contributed by atoms with Gasteiger partial charge in [0.15, 0.2) is 5.16 Å². The maximum atomic E-state index is 4.62. The molecule has 0 spiro atoms. The third kappa shape index (κ3) is 2.87. The van der Waals surface area contributed by atoms with Gasteiger partial charge >= 0.3 is 0 Å². The fourth-order valence-corrected chi connectivity index (χ4v) is 2.89. The van der Waals surface area contributed by atoms with E-state index in [2.05, 4.69) is 47.3 Å². The van der Waals surface area contributed by atoms with Gasteiger partial charge in [0, 0.05) is 17.8 Å². The normalized spacial score (nSPS) is 17.2. The van der Waals surface area contributed by atoms with Gasteiger partial charge in [-0.15, -0.1) is 0 Å². The van der Waals surface area contributed by atoms with Crippen molar-refractivity contribution >= 4 is 22.8 Å². The zero-order valence-corrected chi connectivity index (χ0v) is 11.7. The highest BCUT2D eigenvalue weighted by Gasteiger charge is 2.21. The minimum absolute atomic E-state index is 0.548. The van der Waals surface area contributed by atoms with Gasteiger partial charge in [0.1, 0.15) is 0 Å². The summed E-state index contributed by atoms with van der Waals surface area (Å²) in [7, 11) is 0. The highest BCUT2D eigenvalue weighted by atomic mass is 32.2. The number of fused-ring (bicyclic) bond motifs is 1. The summed E-state index contributed by atoms with van der Waals surface area (Å²) in [6, 6.07) is 7.12. The first-order chi connectivity index (χ1) is 8.70. The Bertz CT molecular complexity index is 545. The van der Waals surface area contributed by atoms with Gasteiger partial charge in [0.25, 0.3) is 0 Å². The molecule has 2 aromatic rings. The Morgan fingerprint density at radius 2 is 2.33 bits per heavy atom. The van der Waals surface area contributed by atoms with Gasteiger partial charge in [-0.1, -0.05) is 24.8 Å². The van der Waals surface area contributed by atoms with Crippen molar-refractivity contribution < 1.29 is 0 Å². The second-order valence-electron chi connectivity index (χ2n) is 5.17. The van der Waals surface area contributed by atoms with Crippen molar-refractivity contribution in [2.24, 2.45) is 0 Å². The van der Waals surface area contributed by atoms with Crippen molar-refractivity contribution in [1.82, 2.24) is 15.3 Å². The minimum atomic E-state index is 0.548. The Balaban J connectivity index is 1.65. The first-order valence-electron chi connectivity index (χ1n) is 6.57. The van der Waals surface area contributed by atoms with Gasteiger partial charge in [-0.25, -0.2) is 4.98 Å². The van der Waals surface area contributed by atoms with E-state index in [1.807, 2.05) is 11.8 Å². The van der Waals surface area contributed by atoms with Crippen molar-refractivity contribution in [3.05, 3.63) is 23.8 Å². The maximum Gasteiger partial charge on any atom is 0.166 e. The monoisotopic (exact) mass is 261 g/mol. The smallest absolute Gasteiger partial charge is 0.166 e. The molecule has 4 heteroatoms. The summed E-state index contributed by atoms with van der Waals surface area (Å²) in [5, 5.41) is 5.13. The van der Waals surface area contributed by atoms with Crippen LogP contribution in [0.25, 0.3) is 11.0 Å². The van der Waals surface area contributed by atoms with Crippen molar-refractivity contribution in [2.75, 3.05) is 6.54 Å². The van der Waals surface area contributed by atoms with Crippen LogP contribution >= 0.6 is 11.8 Å². The van der Waals surface area contributed by atoms with Gasteiger partial charge in [-0.3, -0.25) is 0 Å². The molecule has 0 amide bonds. The second kappa shape index (κ2) is 4.94. The zero-order valence-electron chi connectivity index (χ0n) is 10.9. The van der Waals surface area contributed by atoms with Crippen LogP contribution in [-0.2, 0) is 0 Å². The number of benzene rings is 1. The molecule has 1 aromatic heterocycles. The van der Waals surface area contributed by atoms with Gasteiger partial charge in [0.05, 0.1) is 11.0 Å². The van der Waals surface area contributed by atoms with Crippen molar-refractivity contribution in [2.45, 2.75) is 43.1 Å². The van der Waals surface area contributed by atoms with E-state index in [4.69, 9.17) is 0 Å². The number of aromatic amines is 1. The number of nitrogens with one attached hydrogen (secondary N) is 2. The van der Waals surface area contributed by atoms with Crippen LogP contribution in [0.5, 0.6) is 0 Å². The predicted octanol–water partition coefficient (Wildman–Crippen LogP) is 3.10. The van der Waals surface area contributed by atoms with E-state index >= 15 is 0 Å². The van der Waals surface area contributed by atoms with Gasteiger partial charge in [0.2, 0.25) is 0 Å². The summed E-state index contributed by atoms with van der Waals surface area (Å²) in [4.78, 5) is 8.01. The number of aryl methyl sites for hydroxylation is 1.